The van der Waals surface area contributed by atoms with Crippen molar-refractivity contribution in [2.45, 2.75) is 44.7 Å². The van der Waals surface area contributed by atoms with Crippen LogP contribution in [0.15, 0.2) is 42.7 Å². The van der Waals surface area contributed by atoms with Gasteiger partial charge in [0.25, 0.3) is 0 Å². The fraction of sp³-hybridized carbons (Fsp3) is 0.412. The van der Waals surface area contributed by atoms with Gasteiger partial charge < -0.3 is 10.1 Å². The minimum atomic E-state index is 0.384. The zero-order chi connectivity index (χ0) is 14.3. The summed E-state index contributed by atoms with van der Waals surface area (Å²) in [7, 11) is 0. The van der Waals surface area contributed by atoms with Gasteiger partial charge in [-0.05, 0) is 36.6 Å². The first-order valence-electron chi connectivity index (χ1n) is 7.67. The molecule has 1 fully saturated rings. The van der Waals surface area contributed by atoms with E-state index in [1.807, 2.05) is 18.2 Å². The van der Waals surface area contributed by atoms with Crippen LogP contribution in [0.3, 0.4) is 0 Å². The molecular weight excluding hydrogens is 262 g/mol. The minimum absolute atomic E-state index is 0.384. The topological polar surface area (TPSA) is 47.0 Å². The molecular formula is C17H21N3O. The molecule has 0 saturated heterocycles. The van der Waals surface area contributed by atoms with Crippen molar-refractivity contribution in [3.05, 3.63) is 48.3 Å². The van der Waals surface area contributed by atoms with Gasteiger partial charge in [0.2, 0.25) is 0 Å². The maximum absolute atomic E-state index is 5.66. The van der Waals surface area contributed by atoms with Crippen molar-refractivity contribution in [2.75, 3.05) is 0 Å². The van der Waals surface area contributed by atoms with Gasteiger partial charge in [-0.2, -0.15) is 0 Å². The zero-order valence-electron chi connectivity index (χ0n) is 12.2. The molecule has 1 N–H and O–H groups in total. The first-order valence-corrected chi connectivity index (χ1v) is 7.67. The highest BCUT2D eigenvalue weighted by molar-refractivity contribution is 5.30. The quantitative estimate of drug-likeness (QED) is 0.909. The summed E-state index contributed by atoms with van der Waals surface area (Å²) in [5, 5.41) is 3.64. The van der Waals surface area contributed by atoms with Gasteiger partial charge in [-0.3, -0.25) is 0 Å². The molecule has 0 amide bonds. The Bertz CT molecular complexity index is 553. The van der Waals surface area contributed by atoms with Gasteiger partial charge in [-0.1, -0.05) is 31.4 Å². The normalized spacial score (nSPS) is 15.8. The number of aromatic nitrogens is 2. The Balaban J connectivity index is 1.57. The van der Waals surface area contributed by atoms with Crippen LogP contribution in [0, 0.1) is 0 Å². The van der Waals surface area contributed by atoms with Crippen molar-refractivity contribution in [2.24, 2.45) is 0 Å². The monoisotopic (exact) mass is 283 g/mol. The second-order valence-electron chi connectivity index (χ2n) is 5.50. The Labute approximate surface area is 125 Å². The molecule has 0 bridgehead atoms. The molecule has 1 aromatic carbocycles. The van der Waals surface area contributed by atoms with E-state index in [9.17, 15) is 0 Å². The number of rotatable bonds is 5. The average molecular weight is 283 g/mol. The highest BCUT2D eigenvalue weighted by Crippen LogP contribution is 2.20. The molecule has 21 heavy (non-hydrogen) atoms. The van der Waals surface area contributed by atoms with E-state index < -0.39 is 0 Å². The van der Waals surface area contributed by atoms with E-state index in [1.165, 1.54) is 37.7 Å². The van der Waals surface area contributed by atoms with Crippen molar-refractivity contribution in [1.82, 2.24) is 15.3 Å². The van der Waals surface area contributed by atoms with E-state index in [1.54, 1.807) is 18.5 Å². The number of ether oxygens (including phenoxy) is 1. The van der Waals surface area contributed by atoms with Gasteiger partial charge in [0.15, 0.2) is 0 Å². The maximum atomic E-state index is 5.66. The van der Waals surface area contributed by atoms with Crippen LogP contribution < -0.4 is 10.1 Å². The van der Waals surface area contributed by atoms with Crippen molar-refractivity contribution < 1.29 is 4.74 Å². The molecule has 0 spiro atoms. The molecule has 3 rings (SSSR count). The smallest absolute Gasteiger partial charge is 0.321 e. The van der Waals surface area contributed by atoms with E-state index in [0.29, 0.717) is 12.1 Å². The fourth-order valence-electron chi connectivity index (χ4n) is 2.73. The van der Waals surface area contributed by atoms with E-state index >= 15 is 0 Å². The van der Waals surface area contributed by atoms with Crippen molar-refractivity contribution in [1.29, 1.82) is 0 Å². The van der Waals surface area contributed by atoms with Gasteiger partial charge >= 0.3 is 6.01 Å². The largest absolute Gasteiger partial charge is 0.424 e. The highest BCUT2D eigenvalue weighted by Gasteiger charge is 2.12. The van der Waals surface area contributed by atoms with Gasteiger partial charge in [-0.25, -0.2) is 9.97 Å². The standard InChI is InChI=1S/C17H21N3O/c1-2-7-15(8-3-1)20-13-14-6-4-9-16(12-14)21-17-18-10-5-11-19-17/h4-6,9-12,15,20H,1-3,7-8,13H2. The van der Waals surface area contributed by atoms with Gasteiger partial charge in [0.1, 0.15) is 5.75 Å². The van der Waals surface area contributed by atoms with E-state index in [4.69, 9.17) is 4.74 Å². The zero-order valence-corrected chi connectivity index (χ0v) is 12.2. The SMILES string of the molecule is c1cnc(Oc2cccc(CNC3CCCCC3)c2)nc1. The van der Waals surface area contributed by atoms with Crippen LogP contribution in [-0.4, -0.2) is 16.0 Å². The predicted octanol–water partition coefficient (Wildman–Crippen LogP) is 3.69. The summed E-state index contributed by atoms with van der Waals surface area (Å²) < 4.78 is 5.66. The van der Waals surface area contributed by atoms with Crippen LogP contribution in [0.25, 0.3) is 0 Å². The Hall–Kier alpha value is -1.94. The van der Waals surface area contributed by atoms with E-state index in [-0.39, 0.29) is 0 Å². The van der Waals surface area contributed by atoms with Crippen molar-refractivity contribution >= 4 is 0 Å². The first kappa shape index (κ1) is 14.0. The Morgan fingerprint density at radius 3 is 2.67 bits per heavy atom. The summed E-state index contributed by atoms with van der Waals surface area (Å²) in [5.74, 6) is 0.782. The Kier molecular flexibility index (Phi) is 4.79. The molecule has 0 atom stereocenters. The summed E-state index contributed by atoms with van der Waals surface area (Å²) in [6.45, 7) is 0.886. The molecule has 0 radical (unpaired) electrons. The van der Waals surface area contributed by atoms with Crippen LogP contribution >= 0.6 is 0 Å². The lowest BCUT2D eigenvalue weighted by Gasteiger charge is -2.22. The average Bonchev–Trinajstić information content (AvgIpc) is 2.55. The number of hydrogen-bond acceptors (Lipinski definition) is 4. The van der Waals surface area contributed by atoms with Crippen LogP contribution in [0.2, 0.25) is 0 Å². The molecule has 1 heterocycles. The number of hydrogen-bond donors (Lipinski definition) is 1. The minimum Gasteiger partial charge on any atom is -0.424 e. The van der Waals surface area contributed by atoms with Gasteiger partial charge in [-0.15, -0.1) is 0 Å². The molecule has 1 aromatic heterocycles. The lowest BCUT2D eigenvalue weighted by atomic mass is 9.95. The number of benzene rings is 1. The fourth-order valence-corrected chi connectivity index (χ4v) is 2.73. The summed E-state index contributed by atoms with van der Waals surface area (Å²) >= 11 is 0. The third kappa shape index (κ3) is 4.26. The van der Waals surface area contributed by atoms with Gasteiger partial charge in [0.05, 0.1) is 0 Å². The van der Waals surface area contributed by atoms with Crippen LogP contribution in [-0.2, 0) is 6.54 Å². The van der Waals surface area contributed by atoms with Gasteiger partial charge in [0, 0.05) is 25.0 Å². The summed E-state index contributed by atoms with van der Waals surface area (Å²) in [4.78, 5) is 8.15. The second-order valence-corrected chi connectivity index (χ2v) is 5.50. The van der Waals surface area contributed by atoms with Crippen molar-refractivity contribution in [3.8, 4) is 11.8 Å². The second kappa shape index (κ2) is 7.18. The molecule has 110 valence electrons. The van der Waals surface area contributed by atoms with Crippen LogP contribution in [0.4, 0.5) is 0 Å². The molecule has 2 aromatic rings. The Morgan fingerprint density at radius 2 is 1.86 bits per heavy atom. The van der Waals surface area contributed by atoms with Crippen LogP contribution in [0.1, 0.15) is 37.7 Å². The van der Waals surface area contributed by atoms with Crippen molar-refractivity contribution in [3.63, 3.8) is 0 Å². The Morgan fingerprint density at radius 1 is 1.05 bits per heavy atom. The predicted molar refractivity (Wildman–Crippen MR) is 82.3 cm³/mol. The summed E-state index contributed by atoms with van der Waals surface area (Å²) in [5.41, 5.74) is 1.23. The third-order valence-electron chi connectivity index (χ3n) is 3.85. The molecule has 1 saturated carbocycles. The molecule has 4 heteroatoms. The number of nitrogens with one attached hydrogen (secondary N) is 1. The first-order chi connectivity index (χ1) is 10.4. The van der Waals surface area contributed by atoms with E-state index in [2.05, 4.69) is 21.4 Å². The maximum Gasteiger partial charge on any atom is 0.321 e. The molecule has 1 aliphatic rings. The number of nitrogens with zero attached hydrogens (tertiary/aromatic N) is 2. The van der Waals surface area contributed by atoms with Crippen LogP contribution in [0.5, 0.6) is 11.8 Å². The molecule has 0 aliphatic heterocycles. The van der Waals surface area contributed by atoms with E-state index in [0.717, 1.165) is 12.3 Å². The summed E-state index contributed by atoms with van der Waals surface area (Å²) in [6.07, 6.45) is 10.0. The summed E-state index contributed by atoms with van der Waals surface area (Å²) in [6, 6.07) is 10.9. The lowest BCUT2D eigenvalue weighted by molar-refractivity contribution is 0.372. The molecule has 1 aliphatic carbocycles. The lowest BCUT2D eigenvalue weighted by Crippen LogP contribution is -2.30. The molecule has 0 unspecified atom stereocenters. The molecule has 4 nitrogen and oxygen atoms in total. The highest BCUT2D eigenvalue weighted by atomic mass is 16.5. The third-order valence-corrected chi connectivity index (χ3v) is 3.85.